The van der Waals surface area contributed by atoms with Crippen LogP contribution in [0, 0.1) is 5.92 Å². The fraction of sp³-hybridized carbons (Fsp3) is 0.889. The molecule has 0 aliphatic carbocycles. The SMILES string of the molecule is N[C@H]1CCOCC[C@@H]1CCC(=O)O. The number of nitrogens with two attached hydrogens (primary N) is 1. The molecule has 0 aromatic rings. The van der Waals surface area contributed by atoms with E-state index in [-0.39, 0.29) is 12.5 Å². The molecule has 1 aliphatic rings. The Labute approximate surface area is 78.1 Å². The number of hydrogen-bond donors (Lipinski definition) is 2. The molecule has 1 aliphatic heterocycles. The largest absolute Gasteiger partial charge is 0.481 e. The van der Waals surface area contributed by atoms with Crippen molar-refractivity contribution in [2.24, 2.45) is 11.7 Å². The first kappa shape index (κ1) is 10.5. The third kappa shape index (κ3) is 3.74. The van der Waals surface area contributed by atoms with Crippen molar-refractivity contribution >= 4 is 5.97 Å². The van der Waals surface area contributed by atoms with Crippen molar-refractivity contribution in [3.05, 3.63) is 0 Å². The van der Waals surface area contributed by atoms with Crippen LogP contribution >= 0.6 is 0 Å². The summed E-state index contributed by atoms with van der Waals surface area (Å²) in [4.78, 5) is 10.4. The summed E-state index contributed by atoms with van der Waals surface area (Å²) in [7, 11) is 0. The Morgan fingerprint density at radius 3 is 2.85 bits per heavy atom. The van der Waals surface area contributed by atoms with Crippen LogP contribution in [0.2, 0.25) is 0 Å². The number of carboxylic acids is 1. The maximum absolute atomic E-state index is 10.4. The lowest BCUT2D eigenvalue weighted by Crippen LogP contribution is -2.30. The van der Waals surface area contributed by atoms with Gasteiger partial charge in [0.15, 0.2) is 0 Å². The highest BCUT2D eigenvalue weighted by atomic mass is 16.5. The summed E-state index contributed by atoms with van der Waals surface area (Å²) < 4.78 is 5.27. The molecule has 0 aromatic heterocycles. The molecular weight excluding hydrogens is 170 g/mol. The van der Waals surface area contributed by atoms with E-state index >= 15 is 0 Å². The summed E-state index contributed by atoms with van der Waals surface area (Å²) in [5, 5.41) is 8.53. The van der Waals surface area contributed by atoms with Gasteiger partial charge in [-0.05, 0) is 25.2 Å². The first-order valence-corrected chi connectivity index (χ1v) is 4.75. The summed E-state index contributed by atoms with van der Waals surface area (Å²) in [6, 6.07) is 0.113. The van der Waals surface area contributed by atoms with Crippen LogP contribution in [0.4, 0.5) is 0 Å². The van der Waals surface area contributed by atoms with Gasteiger partial charge in [-0.15, -0.1) is 0 Å². The normalized spacial score (nSPS) is 29.6. The molecule has 0 bridgehead atoms. The molecule has 1 fully saturated rings. The van der Waals surface area contributed by atoms with Crippen molar-refractivity contribution in [2.45, 2.75) is 31.7 Å². The van der Waals surface area contributed by atoms with Gasteiger partial charge in [-0.3, -0.25) is 4.79 Å². The van der Waals surface area contributed by atoms with Gasteiger partial charge in [-0.1, -0.05) is 0 Å². The second kappa shape index (κ2) is 5.19. The van der Waals surface area contributed by atoms with E-state index in [1.807, 2.05) is 0 Å². The molecular formula is C9H17NO3. The molecule has 1 rings (SSSR count). The molecule has 3 N–H and O–H groups in total. The summed E-state index contributed by atoms with van der Waals surface area (Å²) in [6.45, 7) is 1.43. The zero-order valence-corrected chi connectivity index (χ0v) is 7.74. The van der Waals surface area contributed by atoms with E-state index in [1.165, 1.54) is 0 Å². The van der Waals surface area contributed by atoms with Crippen LogP contribution in [0.5, 0.6) is 0 Å². The van der Waals surface area contributed by atoms with Gasteiger partial charge in [-0.25, -0.2) is 0 Å². The smallest absolute Gasteiger partial charge is 0.303 e. The van der Waals surface area contributed by atoms with Crippen molar-refractivity contribution in [3.63, 3.8) is 0 Å². The zero-order valence-electron chi connectivity index (χ0n) is 7.74. The Morgan fingerprint density at radius 2 is 2.15 bits per heavy atom. The molecule has 2 atom stereocenters. The van der Waals surface area contributed by atoms with Crippen molar-refractivity contribution in [1.29, 1.82) is 0 Å². The van der Waals surface area contributed by atoms with E-state index in [9.17, 15) is 4.79 Å². The van der Waals surface area contributed by atoms with Crippen molar-refractivity contribution in [3.8, 4) is 0 Å². The van der Waals surface area contributed by atoms with Gasteiger partial charge in [-0.2, -0.15) is 0 Å². The molecule has 0 spiro atoms. The number of aliphatic carboxylic acids is 1. The van der Waals surface area contributed by atoms with Gasteiger partial charge in [0.2, 0.25) is 0 Å². The van der Waals surface area contributed by atoms with Gasteiger partial charge < -0.3 is 15.6 Å². The number of carboxylic acid groups (broad SMARTS) is 1. The predicted molar refractivity (Wildman–Crippen MR) is 48.4 cm³/mol. The van der Waals surface area contributed by atoms with Gasteiger partial charge in [0.05, 0.1) is 0 Å². The molecule has 76 valence electrons. The Kier molecular flexibility index (Phi) is 4.18. The lowest BCUT2D eigenvalue weighted by atomic mass is 9.91. The van der Waals surface area contributed by atoms with E-state index < -0.39 is 5.97 Å². The minimum Gasteiger partial charge on any atom is -0.481 e. The minimum atomic E-state index is -0.739. The lowest BCUT2D eigenvalue weighted by Gasteiger charge is -2.19. The standard InChI is InChI=1S/C9H17NO3/c10-8-4-6-13-5-3-7(8)1-2-9(11)12/h7-8H,1-6,10H2,(H,11,12)/t7-,8-/m0/s1. The second-order valence-electron chi connectivity index (χ2n) is 3.55. The highest BCUT2D eigenvalue weighted by molar-refractivity contribution is 5.66. The maximum atomic E-state index is 10.4. The van der Waals surface area contributed by atoms with Crippen LogP contribution in [0.3, 0.4) is 0 Å². The Bertz CT molecular complexity index is 172. The zero-order chi connectivity index (χ0) is 9.68. The van der Waals surface area contributed by atoms with Crippen LogP contribution in [0.15, 0.2) is 0 Å². The summed E-state index contributed by atoms with van der Waals surface area (Å²) in [5.41, 5.74) is 5.89. The second-order valence-corrected chi connectivity index (χ2v) is 3.55. The van der Waals surface area contributed by atoms with Crippen molar-refractivity contribution in [2.75, 3.05) is 13.2 Å². The molecule has 4 heteroatoms. The summed E-state index contributed by atoms with van der Waals surface area (Å²) in [5.74, 6) is -0.420. The highest BCUT2D eigenvalue weighted by Crippen LogP contribution is 2.19. The third-order valence-electron chi connectivity index (χ3n) is 2.56. The fourth-order valence-corrected chi connectivity index (χ4v) is 1.67. The van der Waals surface area contributed by atoms with Crippen LogP contribution < -0.4 is 5.73 Å². The molecule has 4 nitrogen and oxygen atoms in total. The Morgan fingerprint density at radius 1 is 1.46 bits per heavy atom. The predicted octanol–water partition coefficient (Wildman–Crippen LogP) is 0.605. The number of hydrogen-bond acceptors (Lipinski definition) is 3. The van der Waals surface area contributed by atoms with Crippen LogP contribution in [0.1, 0.15) is 25.7 Å². The van der Waals surface area contributed by atoms with Crippen LogP contribution in [-0.4, -0.2) is 30.3 Å². The molecule has 0 radical (unpaired) electrons. The monoisotopic (exact) mass is 187 g/mol. The van der Waals surface area contributed by atoms with E-state index in [4.69, 9.17) is 15.6 Å². The molecule has 13 heavy (non-hydrogen) atoms. The molecule has 0 aromatic carbocycles. The van der Waals surface area contributed by atoms with E-state index in [1.54, 1.807) is 0 Å². The third-order valence-corrected chi connectivity index (χ3v) is 2.56. The topological polar surface area (TPSA) is 72.5 Å². The number of carbonyl (C=O) groups is 1. The van der Waals surface area contributed by atoms with E-state index in [2.05, 4.69) is 0 Å². The van der Waals surface area contributed by atoms with Crippen LogP contribution in [-0.2, 0) is 9.53 Å². The average Bonchev–Trinajstić information content (AvgIpc) is 2.27. The molecule has 0 unspecified atom stereocenters. The first-order valence-electron chi connectivity index (χ1n) is 4.75. The Balaban J connectivity index is 2.31. The summed E-state index contributed by atoms with van der Waals surface area (Å²) >= 11 is 0. The van der Waals surface area contributed by atoms with E-state index in [0.29, 0.717) is 18.9 Å². The molecule has 0 saturated carbocycles. The van der Waals surface area contributed by atoms with Crippen molar-refractivity contribution in [1.82, 2.24) is 0 Å². The molecule has 0 amide bonds. The van der Waals surface area contributed by atoms with E-state index in [0.717, 1.165) is 19.4 Å². The van der Waals surface area contributed by atoms with Crippen LogP contribution in [0.25, 0.3) is 0 Å². The quantitative estimate of drug-likeness (QED) is 0.678. The van der Waals surface area contributed by atoms with Crippen molar-refractivity contribution < 1.29 is 14.6 Å². The summed E-state index contributed by atoms with van der Waals surface area (Å²) in [6.07, 6.45) is 2.65. The minimum absolute atomic E-state index is 0.113. The maximum Gasteiger partial charge on any atom is 0.303 e. The number of rotatable bonds is 3. The van der Waals surface area contributed by atoms with Gasteiger partial charge in [0, 0.05) is 25.7 Å². The molecule has 1 heterocycles. The average molecular weight is 187 g/mol. The van der Waals surface area contributed by atoms with Gasteiger partial charge >= 0.3 is 5.97 Å². The first-order chi connectivity index (χ1) is 6.20. The van der Waals surface area contributed by atoms with Gasteiger partial charge in [0.25, 0.3) is 0 Å². The Hall–Kier alpha value is -0.610. The van der Waals surface area contributed by atoms with Gasteiger partial charge in [0.1, 0.15) is 0 Å². The molecule has 1 saturated heterocycles. The number of ether oxygens (including phenoxy) is 1. The fourth-order valence-electron chi connectivity index (χ4n) is 1.67. The lowest BCUT2D eigenvalue weighted by molar-refractivity contribution is -0.137. The highest BCUT2D eigenvalue weighted by Gasteiger charge is 2.20.